The summed E-state index contributed by atoms with van der Waals surface area (Å²) in [5.74, 6) is -0.612. The lowest BCUT2D eigenvalue weighted by Gasteiger charge is -2.03. The van der Waals surface area contributed by atoms with E-state index in [9.17, 15) is 18.0 Å². The molecule has 10 heteroatoms. The zero-order valence-corrected chi connectivity index (χ0v) is 10.8. The molecule has 0 aromatic carbocycles. The molecule has 1 N–H and O–H groups in total. The number of nitrogens with one attached hydrogen (secondary N) is 1. The third-order valence-electron chi connectivity index (χ3n) is 2.45. The third-order valence-corrected chi connectivity index (χ3v) is 3.38. The third kappa shape index (κ3) is 2.70. The number of halogens is 3. The largest absolute Gasteiger partial charge is 0.433 e. The number of aromatic nitrogens is 3. The smallest absolute Gasteiger partial charge is 0.351 e. The molecule has 3 rings (SSSR count). The van der Waals surface area contributed by atoms with Crippen molar-refractivity contribution in [2.45, 2.75) is 6.18 Å². The van der Waals surface area contributed by atoms with Gasteiger partial charge in [-0.25, -0.2) is 9.97 Å². The van der Waals surface area contributed by atoms with Crippen LogP contribution in [0.3, 0.4) is 0 Å². The predicted octanol–water partition coefficient (Wildman–Crippen LogP) is 2.95. The minimum atomic E-state index is -4.53. The molecule has 0 aliphatic heterocycles. The van der Waals surface area contributed by atoms with Crippen molar-refractivity contribution in [2.24, 2.45) is 0 Å². The molecule has 0 bridgehead atoms. The van der Waals surface area contributed by atoms with Crippen molar-refractivity contribution >= 4 is 32.6 Å². The fourth-order valence-electron chi connectivity index (χ4n) is 1.53. The highest BCUT2D eigenvalue weighted by molar-refractivity contribution is 7.22. The number of hydrogen-bond donors (Lipinski definition) is 1. The number of thiazole rings is 1. The van der Waals surface area contributed by atoms with Crippen molar-refractivity contribution in [2.75, 3.05) is 5.32 Å². The molecular formula is C11H5F3N4O2S. The Morgan fingerprint density at radius 3 is 2.86 bits per heavy atom. The van der Waals surface area contributed by atoms with Gasteiger partial charge in [-0.3, -0.25) is 10.1 Å². The number of carbonyl (C=O) groups is 1. The summed E-state index contributed by atoms with van der Waals surface area (Å²) in [5, 5.41) is 5.94. The first-order valence-corrected chi connectivity index (χ1v) is 6.31. The number of rotatable bonds is 2. The fourth-order valence-corrected chi connectivity index (χ4v) is 2.40. The molecule has 0 aliphatic rings. The van der Waals surface area contributed by atoms with Gasteiger partial charge in [0.25, 0.3) is 5.91 Å². The highest BCUT2D eigenvalue weighted by Gasteiger charge is 2.32. The van der Waals surface area contributed by atoms with Crippen LogP contribution >= 0.6 is 11.3 Å². The number of amides is 1. The molecule has 21 heavy (non-hydrogen) atoms. The Balaban J connectivity index is 1.89. The number of carbonyl (C=O) groups excluding carboxylic acids is 1. The first-order chi connectivity index (χ1) is 9.93. The Labute approximate surface area is 118 Å². The van der Waals surface area contributed by atoms with Crippen LogP contribution < -0.4 is 5.32 Å². The Kier molecular flexibility index (Phi) is 3.09. The van der Waals surface area contributed by atoms with Gasteiger partial charge in [0, 0.05) is 6.07 Å². The molecule has 0 radical (unpaired) electrons. The summed E-state index contributed by atoms with van der Waals surface area (Å²) in [4.78, 5) is 19.0. The Morgan fingerprint density at radius 1 is 1.38 bits per heavy atom. The summed E-state index contributed by atoms with van der Waals surface area (Å²) in [7, 11) is 0. The number of alkyl halides is 3. The van der Waals surface area contributed by atoms with Crippen LogP contribution in [0.25, 0.3) is 10.2 Å². The molecule has 0 saturated carbocycles. The normalized spacial score (nSPS) is 11.8. The van der Waals surface area contributed by atoms with E-state index in [0.717, 1.165) is 23.6 Å². The monoisotopic (exact) mass is 314 g/mol. The van der Waals surface area contributed by atoms with E-state index in [1.807, 2.05) is 0 Å². The molecule has 6 nitrogen and oxygen atoms in total. The number of hydrogen-bond acceptors (Lipinski definition) is 6. The van der Waals surface area contributed by atoms with Crippen LogP contribution in [0.2, 0.25) is 0 Å². The van der Waals surface area contributed by atoms with Crippen LogP contribution in [0.4, 0.5) is 18.3 Å². The molecule has 1 amide bonds. The summed E-state index contributed by atoms with van der Waals surface area (Å²) in [6, 6.07) is 2.24. The van der Waals surface area contributed by atoms with Gasteiger partial charge in [0.2, 0.25) is 5.76 Å². The van der Waals surface area contributed by atoms with Gasteiger partial charge in [-0.15, -0.1) is 0 Å². The van der Waals surface area contributed by atoms with Crippen molar-refractivity contribution in [1.29, 1.82) is 0 Å². The van der Waals surface area contributed by atoms with Gasteiger partial charge in [-0.1, -0.05) is 16.5 Å². The number of fused-ring (bicyclic) bond motifs is 1. The van der Waals surface area contributed by atoms with E-state index in [4.69, 9.17) is 0 Å². The summed E-state index contributed by atoms with van der Waals surface area (Å²) >= 11 is 0.908. The molecule has 0 spiro atoms. The molecule has 3 aromatic rings. The highest BCUT2D eigenvalue weighted by atomic mass is 32.1. The Morgan fingerprint density at radius 2 is 2.19 bits per heavy atom. The van der Waals surface area contributed by atoms with Crippen molar-refractivity contribution in [3.63, 3.8) is 0 Å². The lowest BCUT2D eigenvalue weighted by Crippen LogP contribution is -2.10. The molecule has 0 unspecified atom stereocenters. The second-order valence-corrected chi connectivity index (χ2v) is 4.92. The van der Waals surface area contributed by atoms with Crippen LogP contribution in [0, 0.1) is 0 Å². The van der Waals surface area contributed by atoms with Gasteiger partial charge in [0.05, 0.1) is 17.1 Å². The van der Waals surface area contributed by atoms with E-state index in [1.165, 1.54) is 12.3 Å². The summed E-state index contributed by atoms with van der Waals surface area (Å²) in [6.07, 6.45) is -2.22. The van der Waals surface area contributed by atoms with Gasteiger partial charge < -0.3 is 4.52 Å². The van der Waals surface area contributed by atoms with Gasteiger partial charge >= 0.3 is 6.18 Å². The molecular weight excluding hydrogens is 309 g/mol. The summed E-state index contributed by atoms with van der Waals surface area (Å²) < 4.78 is 42.6. The van der Waals surface area contributed by atoms with Crippen LogP contribution in [-0.2, 0) is 6.18 Å². The lowest BCUT2D eigenvalue weighted by atomic mass is 10.3. The maximum atomic E-state index is 12.6. The second-order valence-electron chi connectivity index (χ2n) is 3.88. The van der Waals surface area contributed by atoms with E-state index < -0.39 is 17.8 Å². The molecule has 3 aromatic heterocycles. The Bertz CT molecular complexity index is 798. The van der Waals surface area contributed by atoms with E-state index >= 15 is 0 Å². The van der Waals surface area contributed by atoms with Crippen LogP contribution in [0.1, 0.15) is 16.2 Å². The standard InChI is InChI=1S/C11H5F3N4O2S/c12-11(13,14)8-3-7-5(4-15-8)17-10(21-7)18-9(19)6-1-2-16-20-6/h1-4H,(H,17,18,19). The molecule has 0 aliphatic carbocycles. The molecule has 108 valence electrons. The van der Waals surface area contributed by atoms with Crippen molar-refractivity contribution in [3.05, 3.63) is 36.0 Å². The average Bonchev–Trinajstić information content (AvgIpc) is 3.05. The average molecular weight is 314 g/mol. The van der Waals surface area contributed by atoms with Crippen molar-refractivity contribution < 1.29 is 22.5 Å². The SMILES string of the molecule is O=C(Nc1nc2cnc(C(F)(F)F)cc2s1)c1ccno1. The van der Waals surface area contributed by atoms with Gasteiger partial charge in [0.1, 0.15) is 11.2 Å². The lowest BCUT2D eigenvalue weighted by molar-refractivity contribution is -0.141. The molecule has 3 heterocycles. The van der Waals surface area contributed by atoms with Gasteiger partial charge in [-0.05, 0) is 6.07 Å². The maximum Gasteiger partial charge on any atom is 0.433 e. The molecule has 0 fully saturated rings. The van der Waals surface area contributed by atoms with Crippen LogP contribution in [0.15, 0.2) is 29.0 Å². The second kappa shape index (κ2) is 4.81. The highest BCUT2D eigenvalue weighted by Crippen LogP contribution is 2.32. The minimum absolute atomic E-state index is 0.0247. The topological polar surface area (TPSA) is 80.9 Å². The number of anilines is 1. The van der Waals surface area contributed by atoms with E-state index in [1.54, 1.807) is 0 Å². The van der Waals surface area contributed by atoms with Crippen LogP contribution in [-0.4, -0.2) is 21.0 Å². The van der Waals surface area contributed by atoms with Gasteiger partial charge in [-0.2, -0.15) is 13.2 Å². The van der Waals surface area contributed by atoms with E-state index in [2.05, 4.69) is 25.0 Å². The minimum Gasteiger partial charge on any atom is -0.351 e. The zero-order valence-electron chi connectivity index (χ0n) is 10.0. The first kappa shape index (κ1) is 13.5. The molecule has 0 atom stereocenters. The van der Waals surface area contributed by atoms with Crippen molar-refractivity contribution in [3.8, 4) is 0 Å². The number of pyridine rings is 1. The zero-order chi connectivity index (χ0) is 15.0. The Hall–Kier alpha value is -2.49. The van der Waals surface area contributed by atoms with Gasteiger partial charge in [0.15, 0.2) is 5.13 Å². The maximum absolute atomic E-state index is 12.6. The van der Waals surface area contributed by atoms with Crippen LogP contribution in [0.5, 0.6) is 0 Å². The summed E-state index contributed by atoms with van der Waals surface area (Å²) in [5.41, 5.74) is -0.743. The first-order valence-electron chi connectivity index (χ1n) is 5.49. The quantitative estimate of drug-likeness (QED) is 0.786. The van der Waals surface area contributed by atoms with E-state index in [0.29, 0.717) is 0 Å². The molecule has 0 saturated heterocycles. The summed E-state index contributed by atoms with van der Waals surface area (Å²) in [6.45, 7) is 0. The predicted molar refractivity (Wildman–Crippen MR) is 66.9 cm³/mol. The van der Waals surface area contributed by atoms with E-state index in [-0.39, 0.29) is 21.1 Å². The fraction of sp³-hybridized carbons (Fsp3) is 0.0909. The van der Waals surface area contributed by atoms with Crippen molar-refractivity contribution in [1.82, 2.24) is 15.1 Å². The number of nitrogens with zero attached hydrogens (tertiary/aromatic N) is 3.